The maximum atomic E-state index is 14.1. The fourth-order valence-electron chi connectivity index (χ4n) is 2.96. The van der Waals surface area contributed by atoms with Crippen LogP contribution in [-0.2, 0) is 0 Å². The highest BCUT2D eigenvalue weighted by atomic mass is 127. The van der Waals surface area contributed by atoms with Crippen molar-refractivity contribution in [2.45, 2.75) is 18.9 Å². The van der Waals surface area contributed by atoms with E-state index in [-0.39, 0.29) is 11.9 Å². The molecule has 1 saturated heterocycles. The first kappa shape index (κ1) is 13.9. The average molecular weight is 409 g/mol. The van der Waals surface area contributed by atoms with Crippen LogP contribution in [0.25, 0.3) is 5.65 Å². The molecule has 0 saturated carbocycles. The molecule has 0 unspecified atom stereocenters. The minimum Gasteiger partial charge on any atom is -0.348 e. The van der Waals surface area contributed by atoms with Crippen LogP contribution in [-0.4, -0.2) is 26.1 Å². The summed E-state index contributed by atoms with van der Waals surface area (Å²) in [7, 11) is 0. The highest BCUT2D eigenvalue weighted by Gasteiger charge is 2.30. The van der Waals surface area contributed by atoms with Crippen molar-refractivity contribution >= 4 is 34.1 Å². The van der Waals surface area contributed by atoms with Gasteiger partial charge in [0.05, 0.1) is 21.5 Å². The largest absolute Gasteiger partial charge is 0.348 e. The summed E-state index contributed by atoms with van der Waals surface area (Å²) < 4.78 is 16.8. The molecule has 22 heavy (non-hydrogen) atoms. The second kappa shape index (κ2) is 5.45. The van der Waals surface area contributed by atoms with E-state index in [2.05, 4.69) is 37.6 Å². The van der Waals surface area contributed by atoms with E-state index >= 15 is 0 Å². The molecule has 0 radical (unpaired) electrons. The molecule has 0 spiro atoms. The number of hydrogen-bond acceptors (Lipinski definition) is 4. The molecule has 0 aliphatic carbocycles. The summed E-state index contributed by atoms with van der Waals surface area (Å²) in [4.78, 5) is 11.1. The first-order chi connectivity index (χ1) is 10.7. The summed E-state index contributed by atoms with van der Waals surface area (Å²) in [5.41, 5.74) is 1.33. The number of pyridine rings is 1. The van der Waals surface area contributed by atoms with Gasteiger partial charge in [0.2, 0.25) is 0 Å². The lowest BCUT2D eigenvalue weighted by atomic mass is 10.1. The molecule has 3 aromatic heterocycles. The lowest BCUT2D eigenvalue weighted by Gasteiger charge is -2.25. The Kier molecular flexibility index (Phi) is 3.44. The van der Waals surface area contributed by atoms with E-state index in [4.69, 9.17) is 4.98 Å². The van der Waals surface area contributed by atoms with Gasteiger partial charge in [0.15, 0.2) is 5.65 Å². The third-order valence-electron chi connectivity index (χ3n) is 3.96. The summed E-state index contributed by atoms with van der Waals surface area (Å²) in [6.45, 7) is 0.856. The van der Waals surface area contributed by atoms with Crippen molar-refractivity contribution < 1.29 is 4.39 Å². The highest BCUT2D eigenvalue weighted by Crippen LogP contribution is 2.35. The van der Waals surface area contributed by atoms with Gasteiger partial charge in [-0.15, -0.1) is 0 Å². The second-order valence-electron chi connectivity index (χ2n) is 5.27. The average Bonchev–Trinajstić information content (AvgIpc) is 3.15. The van der Waals surface area contributed by atoms with Crippen molar-refractivity contribution in [2.75, 3.05) is 11.4 Å². The normalized spacial score (nSPS) is 18.3. The van der Waals surface area contributed by atoms with Crippen LogP contribution in [0.2, 0.25) is 0 Å². The van der Waals surface area contributed by atoms with Gasteiger partial charge in [0.1, 0.15) is 11.6 Å². The summed E-state index contributed by atoms with van der Waals surface area (Å²) >= 11 is 2.22. The molecule has 0 amide bonds. The van der Waals surface area contributed by atoms with Crippen LogP contribution >= 0.6 is 22.6 Å². The van der Waals surface area contributed by atoms with Crippen LogP contribution in [0.5, 0.6) is 0 Å². The number of halogens is 2. The molecule has 4 rings (SSSR count). The highest BCUT2D eigenvalue weighted by molar-refractivity contribution is 14.1. The summed E-state index contributed by atoms with van der Waals surface area (Å²) in [6, 6.07) is 4.96. The molecule has 1 aliphatic heterocycles. The standard InChI is InChI=1S/C15H13FIN5/c16-10-3-1-6-18-14(10)12-4-2-7-21(12)13-5-8-22-15(20-13)11(17)9-19-22/h1,3,5-6,8-9,12H,2,4,7H2/t12-/m1/s1. The molecular formula is C15H13FIN5. The zero-order chi connectivity index (χ0) is 15.1. The molecule has 7 heteroatoms. The van der Waals surface area contributed by atoms with Gasteiger partial charge in [0.25, 0.3) is 0 Å². The van der Waals surface area contributed by atoms with E-state index in [1.165, 1.54) is 6.07 Å². The lowest BCUT2D eigenvalue weighted by molar-refractivity contribution is 0.562. The molecule has 0 bridgehead atoms. The topological polar surface area (TPSA) is 46.3 Å². The minimum atomic E-state index is -0.251. The quantitative estimate of drug-likeness (QED) is 0.610. The van der Waals surface area contributed by atoms with Crippen LogP contribution < -0.4 is 4.90 Å². The third kappa shape index (κ3) is 2.23. The molecule has 1 fully saturated rings. The molecule has 112 valence electrons. The van der Waals surface area contributed by atoms with Crippen LogP contribution in [0, 0.1) is 9.39 Å². The SMILES string of the molecule is Fc1cccnc1[C@H]1CCCN1c1ccn2ncc(I)c2n1. The number of aromatic nitrogens is 4. The Morgan fingerprint density at radius 1 is 1.32 bits per heavy atom. The van der Waals surface area contributed by atoms with Crippen molar-refractivity contribution in [3.8, 4) is 0 Å². The Hall–Kier alpha value is -1.77. The van der Waals surface area contributed by atoms with Crippen molar-refractivity contribution in [2.24, 2.45) is 0 Å². The van der Waals surface area contributed by atoms with Gasteiger partial charge in [-0.2, -0.15) is 5.10 Å². The maximum absolute atomic E-state index is 14.1. The Labute approximate surface area is 140 Å². The molecule has 0 N–H and O–H groups in total. The van der Waals surface area contributed by atoms with Crippen LogP contribution in [0.15, 0.2) is 36.8 Å². The van der Waals surface area contributed by atoms with Crippen LogP contribution in [0.1, 0.15) is 24.6 Å². The summed E-state index contributed by atoms with van der Waals surface area (Å²) in [5, 5.41) is 4.23. The van der Waals surface area contributed by atoms with E-state index in [0.717, 1.165) is 34.4 Å². The fourth-order valence-corrected chi connectivity index (χ4v) is 3.45. The summed E-state index contributed by atoms with van der Waals surface area (Å²) in [6.07, 6.45) is 7.21. The van der Waals surface area contributed by atoms with E-state index < -0.39 is 0 Å². The van der Waals surface area contributed by atoms with Crippen molar-refractivity contribution in [3.63, 3.8) is 0 Å². The van der Waals surface area contributed by atoms with Gasteiger partial charge in [-0.1, -0.05) is 0 Å². The van der Waals surface area contributed by atoms with E-state index in [1.54, 1.807) is 23.0 Å². The van der Waals surface area contributed by atoms with Gasteiger partial charge < -0.3 is 4.90 Å². The van der Waals surface area contributed by atoms with Crippen molar-refractivity contribution in [3.05, 3.63) is 51.9 Å². The Bertz CT molecular complexity index is 834. The zero-order valence-electron chi connectivity index (χ0n) is 11.7. The van der Waals surface area contributed by atoms with Crippen molar-refractivity contribution in [1.29, 1.82) is 0 Å². The number of nitrogens with zero attached hydrogens (tertiary/aromatic N) is 5. The molecular weight excluding hydrogens is 396 g/mol. The number of hydrogen-bond donors (Lipinski definition) is 0. The molecule has 1 aliphatic rings. The molecule has 5 nitrogen and oxygen atoms in total. The van der Waals surface area contributed by atoms with Gasteiger partial charge >= 0.3 is 0 Å². The first-order valence-corrected chi connectivity index (χ1v) is 8.19. The van der Waals surface area contributed by atoms with Crippen LogP contribution in [0.4, 0.5) is 10.2 Å². The number of rotatable bonds is 2. The van der Waals surface area contributed by atoms with Crippen molar-refractivity contribution in [1.82, 2.24) is 19.6 Å². The number of anilines is 1. The Balaban J connectivity index is 1.76. The lowest BCUT2D eigenvalue weighted by Crippen LogP contribution is -2.25. The molecule has 0 aromatic carbocycles. The summed E-state index contributed by atoms with van der Waals surface area (Å²) in [5.74, 6) is 0.595. The van der Waals surface area contributed by atoms with Gasteiger partial charge in [-0.3, -0.25) is 4.98 Å². The van der Waals surface area contributed by atoms with E-state index in [1.807, 2.05) is 12.3 Å². The van der Waals surface area contributed by atoms with Crippen LogP contribution in [0.3, 0.4) is 0 Å². The zero-order valence-corrected chi connectivity index (χ0v) is 13.8. The third-order valence-corrected chi connectivity index (χ3v) is 4.72. The van der Waals surface area contributed by atoms with E-state index in [0.29, 0.717) is 5.69 Å². The molecule has 4 heterocycles. The van der Waals surface area contributed by atoms with Gasteiger partial charge in [0, 0.05) is 18.9 Å². The molecule has 1 atom stereocenters. The fraction of sp³-hybridized carbons (Fsp3) is 0.267. The smallest absolute Gasteiger partial charge is 0.170 e. The second-order valence-corrected chi connectivity index (χ2v) is 6.43. The Morgan fingerprint density at radius 2 is 2.23 bits per heavy atom. The van der Waals surface area contributed by atoms with E-state index in [9.17, 15) is 4.39 Å². The minimum absolute atomic E-state index is 0.0586. The molecule has 3 aromatic rings. The maximum Gasteiger partial charge on any atom is 0.170 e. The van der Waals surface area contributed by atoms with Gasteiger partial charge in [-0.05, 0) is 53.6 Å². The Morgan fingerprint density at radius 3 is 3.09 bits per heavy atom. The predicted octanol–water partition coefficient (Wildman–Crippen LogP) is 3.21. The predicted molar refractivity (Wildman–Crippen MR) is 89.2 cm³/mol. The number of fused-ring (bicyclic) bond motifs is 1. The van der Waals surface area contributed by atoms with Gasteiger partial charge in [-0.25, -0.2) is 13.9 Å². The monoisotopic (exact) mass is 409 g/mol. The first-order valence-electron chi connectivity index (χ1n) is 7.11.